The number of hydrogen-bond acceptors (Lipinski definition) is 3. The molecule has 0 aromatic carbocycles. The van der Waals surface area contributed by atoms with Crippen LogP contribution in [0.4, 0.5) is 0 Å². The van der Waals surface area contributed by atoms with E-state index in [9.17, 15) is 9.90 Å². The zero-order chi connectivity index (χ0) is 16.7. The molecule has 4 nitrogen and oxygen atoms in total. The monoisotopic (exact) mass is 324 g/mol. The number of likely N-dealkylation sites (tertiary alicyclic amines) is 1. The first kappa shape index (κ1) is 18.7. The van der Waals surface area contributed by atoms with Gasteiger partial charge in [-0.1, -0.05) is 33.1 Å². The smallest absolute Gasteiger partial charge is 0.222 e. The number of rotatable bonds is 7. The van der Waals surface area contributed by atoms with Gasteiger partial charge < -0.3 is 15.3 Å². The van der Waals surface area contributed by atoms with E-state index in [1.807, 2.05) is 0 Å². The molecule has 0 unspecified atom stereocenters. The molecule has 2 N–H and O–H groups in total. The van der Waals surface area contributed by atoms with Gasteiger partial charge in [0.05, 0.1) is 12.0 Å². The molecule has 2 fully saturated rings. The molecule has 23 heavy (non-hydrogen) atoms. The third kappa shape index (κ3) is 6.80. The van der Waals surface area contributed by atoms with Gasteiger partial charge in [0.1, 0.15) is 0 Å². The van der Waals surface area contributed by atoms with Gasteiger partial charge in [-0.3, -0.25) is 4.79 Å². The molecule has 0 atom stereocenters. The molecule has 134 valence electrons. The van der Waals surface area contributed by atoms with Crippen molar-refractivity contribution < 1.29 is 9.90 Å². The van der Waals surface area contributed by atoms with Crippen LogP contribution in [-0.2, 0) is 4.79 Å². The van der Waals surface area contributed by atoms with Crippen LogP contribution < -0.4 is 5.32 Å². The normalized spacial score (nSPS) is 23.1. The van der Waals surface area contributed by atoms with E-state index >= 15 is 0 Å². The van der Waals surface area contributed by atoms with Crippen molar-refractivity contribution in [2.45, 2.75) is 77.2 Å². The van der Waals surface area contributed by atoms with Gasteiger partial charge in [0.25, 0.3) is 0 Å². The molecular formula is C19H36N2O2. The number of carbonyl (C=O) groups excluding carboxylic acids is 1. The minimum atomic E-state index is -0.734. The summed E-state index contributed by atoms with van der Waals surface area (Å²) in [5.74, 6) is 1.42. The summed E-state index contributed by atoms with van der Waals surface area (Å²) in [7, 11) is 0. The van der Waals surface area contributed by atoms with Gasteiger partial charge in [-0.15, -0.1) is 0 Å². The fraction of sp³-hybridized carbons (Fsp3) is 0.947. The van der Waals surface area contributed by atoms with Crippen molar-refractivity contribution in [1.29, 1.82) is 0 Å². The number of nitrogens with one attached hydrogen (secondary N) is 1. The van der Waals surface area contributed by atoms with E-state index in [1.165, 1.54) is 32.2 Å². The first-order valence-electron chi connectivity index (χ1n) is 9.68. The van der Waals surface area contributed by atoms with Crippen molar-refractivity contribution in [3.63, 3.8) is 0 Å². The quantitative estimate of drug-likeness (QED) is 0.757. The molecule has 1 heterocycles. The van der Waals surface area contributed by atoms with Crippen LogP contribution in [-0.4, -0.2) is 47.7 Å². The van der Waals surface area contributed by atoms with E-state index in [4.69, 9.17) is 0 Å². The van der Waals surface area contributed by atoms with Gasteiger partial charge in [-0.05, 0) is 63.6 Å². The number of nitrogens with zero attached hydrogens (tertiary/aromatic N) is 1. The molecule has 1 aliphatic carbocycles. The molecule has 0 aromatic heterocycles. The summed E-state index contributed by atoms with van der Waals surface area (Å²) in [6, 6.07) is 0. The lowest BCUT2D eigenvalue weighted by Gasteiger charge is -2.33. The van der Waals surface area contributed by atoms with Crippen molar-refractivity contribution in [3.8, 4) is 0 Å². The average Bonchev–Trinajstić information content (AvgIpc) is 2.52. The van der Waals surface area contributed by atoms with Gasteiger partial charge >= 0.3 is 0 Å². The molecule has 2 rings (SSSR count). The molecule has 1 aliphatic heterocycles. The highest BCUT2D eigenvalue weighted by atomic mass is 16.3. The van der Waals surface area contributed by atoms with Crippen molar-refractivity contribution in [3.05, 3.63) is 0 Å². The fourth-order valence-electron chi connectivity index (χ4n) is 3.86. The van der Waals surface area contributed by atoms with Crippen molar-refractivity contribution in [1.82, 2.24) is 10.2 Å². The van der Waals surface area contributed by atoms with Crippen molar-refractivity contribution in [2.75, 3.05) is 26.2 Å². The summed E-state index contributed by atoms with van der Waals surface area (Å²) in [6.45, 7) is 8.89. The molecule has 1 saturated heterocycles. The zero-order valence-corrected chi connectivity index (χ0v) is 15.1. The van der Waals surface area contributed by atoms with Crippen LogP contribution in [0.15, 0.2) is 0 Å². The SMILES string of the molecule is CC(C)CCN1CCC(CNC(=O)CC2(O)CCCCC2)CC1. The maximum absolute atomic E-state index is 12.1. The Kier molecular flexibility index (Phi) is 7.35. The summed E-state index contributed by atoms with van der Waals surface area (Å²) in [4.78, 5) is 14.7. The second kappa shape index (κ2) is 9.03. The Labute approximate surface area is 142 Å². The summed E-state index contributed by atoms with van der Waals surface area (Å²) in [6.07, 6.45) is 8.81. The molecule has 4 heteroatoms. The summed E-state index contributed by atoms with van der Waals surface area (Å²) < 4.78 is 0. The summed E-state index contributed by atoms with van der Waals surface area (Å²) in [5.41, 5.74) is -0.734. The Morgan fingerprint density at radius 2 is 1.87 bits per heavy atom. The van der Waals surface area contributed by atoms with E-state index in [2.05, 4.69) is 24.1 Å². The van der Waals surface area contributed by atoms with Crippen LogP contribution in [0.2, 0.25) is 0 Å². The third-order valence-electron chi connectivity index (χ3n) is 5.59. The molecular weight excluding hydrogens is 288 g/mol. The second-order valence-corrected chi connectivity index (χ2v) is 8.23. The predicted molar refractivity (Wildman–Crippen MR) is 94.3 cm³/mol. The number of piperidine rings is 1. The number of hydrogen-bond donors (Lipinski definition) is 2. The minimum absolute atomic E-state index is 0.0386. The highest BCUT2D eigenvalue weighted by Gasteiger charge is 2.31. The largest absolute Gasteiger partial charge is 0.389 e. The van der Waals surface area contributed by atoms with E-state index in [0.717, 1.165) is 51.2 Å². The molecule has 2 aliphatic rings. The van der Waals surface area contributed by atoms with Crippen LogP contribution in [0.3, 0.4) is 0 Å². The second-order valence-electron chi connectivity index (χ2n) is 8.23. The standard InChI is InChI=1S/C19H36N2O2/c1-16(2)6-11-21-12-7-17(8-13-21)15-20-18(22)14-19(23)9-4-3-5-10-19/h16-17,23H,3-15H2,1-2H3,(H,20,22). The fourth-order valence-corrected chi connectivity index (χ4v) is 3.86. The predicted octanol–water partition coefficient (Wildman–Crippen LogP) is 2.95. The first-order chi connectivity index (χ1) is 11.0. The maximum atomic E-state index is 12.1. The average molecular weight is 325 g/mol. The zero-order valence-electron chi connectivity index (χ0n) is 15.1. The van der Waals surface area contributed by atoms with Crippen LogP contribution in [0.5, 0.6) is 0 Å². The van der Waals surface area contributed by atoms with Crippen molar-refractivity contribution >= 4 is 5.91 Å². The Bertz CT molecular complexity index is 356. The van der Waals surface area contributed by atoms with E-state index < -0.39 is 5.60 Å². The molecule has 1 amide bonds. The lowest BCUT2D eigenvalue weighted by molar-refractivity contribution is -0.127. The number of amides is 1. The Morgan fingerprint density at radius 1 is 1.22 bits per heavy atom. The maximum Gasteiger partial charge on any atom is 0.222 e. The van der Waals surface area contributed by atoms with E-state index in [0.29, 0.717) is 12.3 Å². The number of carbonyl (C=O) groups is 1. The summed E-state index contributed by atoms with van der Waals surface area (Å²) >= 11 is 0. The van der Waals surface area contributed by atoms with Gasteiger partial charge in [0.2, 0.25) is 5.91 Å². The van der Waals surface area contributed by atoms with Crippen LogP contribution in [0.25, 0.3) is 0 Å². The van der Waals surface area contributed by atoms with Crippen LogP contribution >= 0.6 is 0 Å². The lowest BCUT2D eigenvalue weighted by Crippen LogP contribution is -2.42. The van der Waals surface area contributed by atoms with Gasteiger partial charge in [-0.2, -0.15) is 0 Å². The molecule has 1 saturated carbocycles. The van der Waals surface area contributed by atoms with Gasteiger partial charge in [0, 0.05) is 6.54 Å². The summed E-state index contributed by atoms with van der Waals surface area (Å²) in [5, 5.41) is 13.5. The lowest BCUT2D eigenvalue weighted by atomic mass is 9.82. The molecule has 0 radical (unpaired) electrons. The topological polar surface area (TPSA) is 52.6 Å². The van der Waals surface area contributed by atoms with Crippen molar-refractivity contribution in [2.24, 2.45) is 11.8 Å². The van der Waals surface area contributed by atoms with Crippen LogP contribution in [0, 0.1) is 11.8 Å². The van der Waals surface area contributed by atoms with Crippen LogP contribution in [0.1, 0.15) is 71.6 Å². The van der Waals surface area contributed by atoms with E-state index in [-0.39, 0.29) is 5.91 Å². The Morgan fingerprint density at radius 3 is 2.48 bits per heavy atom. The highest BCUT2D eigenvalue weighted by Crippen LogP contribution is 2.30. The minimum Gasteiger partial charge on any atom is -0.389 e. The molecule has 0 aromatic rings. The van der Waals surface area contributed by atoms with Gasteiger partial charge in [0.15, 0.2) is 0 Å². The van der Waals surface area contributed by atoms with Gasteiger partial charge in [-0.25, -0.2) is 0 Å². The molecule has 0 bridgehead atoms. The Hall–Kier alpha value is -0.610. The third-order valence-corrected chi connectivity index (χ3v) is 5.59. The highest BCUT2D eigenvalue weighted by molar-refractivity contribution is 5.77. The van der Waals surface area contributed by atoms with E-state index in [1.54, 1.807) is 0 Å². The first-order valence-corrected chi connectivity index (χ1v) is 9.68. The molecule has 0 spiro atoms. The Balaban J connectivity index is 1.60. The number of aliphatic hydroxyl groups is 1.